The standard InChI is InChI=1S/C15H21NO2/c1-12(11-17-2)18-15-5-3-13(4-6-15)14-7-9-16-10-8-14/h3-7,12,16H,8-11H2,1-2H3. The van der Waals surface area contributed by atoms with Gasteiger partial charge in [-0.05, 0) is 43.2 Å². The monoisotopic (exact) mass is 247 g/mol. The van der Waals surface area contributed by atoms with Crippen LogP contribution < -0.4 is 10.1 Å². The summed E-state index contributed by atoms with van der Waals surface area (Å²) < 4.78 is 10.8. The molecule has 0 aromatic heterocycles. The number of hydrogen-bond acceptors (Lipinski definition) is 3. The normalized spacial score (nSPS) is 17.1. The zero-order valence-corrected chi connectivity index (χ0v) is 11.1. The molecule has 1 heterocycles. The molecular formula is C15H21NO2. The number of methoxy groups -OCH3 is 1. The van der Waals surface area contributed by atoms with E-state index in [9.17, 15) is 0 Å². The molecule has 0 amide bonds. The number of nitrogens with one attached hydrogen (secondary N) is 1. The maximum atomic E-state index is 5.74. The minimum absolute atomic E-state index is 0.0824. The molecule has 0 radical (unpaired) electrons. The van der Waals surface area contributed by atoms with Gasteiger partial charge in [0.1, 0.15) is 11.9 Å². The number of rotatable bonds is 5. The van der Waals surface area contributed by atoms with Crippen LogP contribution >= 0.6 is 0 Å². The van der Waals surface area contributed by atoms with Crippen molar-refractivity contribution >= 4 is 5.57 Å². The third-order valence-corrected chi connectivity index (χ3v) is 3.03. The summed E-state index contributed by atoms with van der Waals surface area (Å²) >= 11 is 0. The van der Waals surface area contributed by atoms with E-state index in [-0.39, 0.29) is 6.10 Å². The fourth-order valence-electron chi connectivity index (χ4n) is 2.13. The zero-order valence-electron chi connectivity index (χ0n) is 11.1. The van der Waals surface area contributed by atoms with Gasteiger partial charge < -0.3 is 14.8 Å². The lowest BCUT2D eigenvalue weighted by Gasteiger charge is -2.16. The molecule has 3 heteroatoms. The van der Waals surface area contributed by atoms with Crippen molar-refractivity contribution in [1.82, 2.24) is 5.32 Å². The van der Waals surface area contributed by atoms with E-state index in [1.807, 2.05) is 19.1 Å². The van der Waals surface area contributed by atoms with Crippen molar-refractivity contribution in [3.63, 3.8) is 0 Å². The van der Waals surface area contributed by atoms with Gasteiger partial charge in [-0.15, -0.1) is 0 Å². The van der Waals surface area contributed by atoms with E-state index in [1.165, 1.54) is 11.1 Å². The molecule has 1 aromatic carbocycles. The van der Waals surface area contributed by atoms with E-state index in [1.54, 1.807) is 7.11 Å². The summed E-state index contributed by atoms with van der Waals surface area (Å²) in [5.41, 5.74) is 2.72. The predicted octanol–water partition coefficient (Wildman–Crippen LogP) is 2.48. The molecule has 0 saturated carbocycles. The molecule has 3 nitrogen and oxygen atoms in total. The Hall–Kier alpha value is -1.32. The van der Waals surface area contributed by atoms with Gasteiger partial charge in [0.15, 0.2) is 0 Å². The topological polar surface area (TPSA) is 30.5 Å². The number of benzene rings is 1. The lowest BCUT2D eigenvalue weighted by molar-refractivity contribution is 0.0921. The van der Waals surface area contributed by atoms with E-state index in [4.69, 9.17) is 9.47 Å². The van der Waals surface area contributed by atoms with Crippen molar-refractivity contribution in [1.29, 1.82) is 0 Å². The Balaban J connectivity index is 1.98. The zero-order chi connectivity index (χ0) is 12.8. The van der Waals surface area contributed by atoms with Gasteiger partial charge in [0.25, 0.3) is 0 Å². The average molecular weight is 247 g/mol. The summed E-state index contributed by atoms with van der Waals surface area (Å²) in [6, 6.07) is 8.33. The van der Waals surface area contributed by atoms with Crippen LogP contribution in [0.2, 0.25) is 0 Å². The Kier molecular flexibility index (Phi) is 4.79. The molecule has 1 atom stereocenters. The summed E-state index contributed by atoms with van der Waals surface area (Å²) in [5.74, 6) is 0.901. The second-order valence-electron chi connectivity index (χ2n) is 4.59. The molecule has 0 aliphatic carbocycles. The lowest BCUT2D eigenvalue weighted by atomic mass is 10.0. The molecule has 0 fully saturated rings. The fourth-order valence-corrected chi connectivity index (χ4v) is 2.13. The van der Waals surface area contributed by atoms with Crippen molar-refractivity contribution in [2.45, 2.75) is 19.4 Å². The highest BCUT2D eigenvalue weighted by Gasteiger charge is 2.07. The van der Waals surface area contributed by atoms with Gasteiger partial charge >= 0.3 is 0 Å². The van der Waals surface area contributed by atoms with Gasteiger partial charge in [-0.3, -0.25) is 0 Å². The van der Waals surface area contributed by atoms with Crippen LogP contribution in [0.15, 0.2) is 30.3 Å². The summed E-state index contributed by atoms with van der Waals surface area (Å²) in [7, 11) is 1.69. The molecule has 1 unspecified atom stereocenters. The fraction of sp³-hybridized carbons (Fsp3) is 0.467. The second-order valence-corrected chi connectivity index (χ2v) is 4.59. The van der Waals surface area contributed by atoms with Crippen molar-refractivity contribution in [2.75, 3.05) is 26.8 Å². The summed E-state index contributed by atoms with van der Waals surface area (Å²) in [6.07, 6.45) is 3.44. The Morgan fingerprint density at radius 3 is 2.67 bits per heavy atom. The van der Waals surface area contributed by atoms with Crippen molar-refractivity contribution in [3.8, 4) is 5.75 Å². The first-order chi connectivity index (χ1) is 8.79. The molecule has 0 saturated heterocycles. The molecule has 0 spiro atoms. The van der Waals surface area contributed by atoms with Crippen LogP contribution in [0.25, 0.3) is 5.57 Å². The van der Waals surface area contributed by atoms with Crippen LogP contribution in [0.1, 0.15) is 18.9 Å². The second kappa shape index (κ2) is 6.57. The molecule has 2 rings (SSSR count). The Labute approximate surface area is 109 Å². The number of hydrogen-bond donors (Lipinski definition) is 1. The van der Waals surface area contributed by atoms with E-state index in [2.05, 4.69) is 23.5 Å². The van der Waals surface area contributed by atoms with Gasteiger partial charge in [-0.25, -0.2) is 0 Å². The molecule has 18 heavy (non-hydrogen) atoms. The van der Waals surface area contributed by atoms with E-state index in [0.717, 1.165) is 25.3 Å². The Morgan fingerprint density at radius 2 is 2.06 bits per heavy atom. The average Bonchev–Trinajstić information content (AvgIpc) is 2.41. The van der Waals surface area contributed by atoms with Crippen molar-refractivity contribution in [3.05, 3.63) is 35.9 Å². The largest absolute Gasteiger partial charge is 0.488 e. The van der Waals surface area contributed by atoms with Crippen LogP contribution in [-0.2, 0) is 4.74 Å². The number of ether oxygens (including phenoxy) is 2. The van der Waals surface area contributed by atoms with Gasteiger partial charge in [-0.2, -0.15) is 0 Å². The predicted molar refractivity (Wildman–Crippen MR) is 73.9 cm³/mol. The summed E-state index contributed by atoms with van der Waals surface area (Å²) in [6.45, 7) is 4.65. The summed E-state index contributed by atoms with van der Waals surface area (Å²) in [5, 5.41) is 3.32. The highest BCUT2D eigenvalue weighted by Crippen LogP contribution is 2.22. The van der Waals surface area contributed by atoms with Gasteiger partial charge in [0.05, 0.1) is 6.61 Å². The maximum absolute atomic E-state index is 5.74. The first kappa shape index (κ1) is 13.1. The highest BCUT2D eigenvalue weighted by molar-refractivity contribution is 5.67. The summed E-state index contributed by atoms with van der Waals surface area (Å²) in [4.78, 5) is 0. The van der Waals surface area contributed by atoms with Crippen LogP contribution in [-0.4, -0.2) is 32.9 Å². The molecule has 1 aromatic rings. The van der Waals surface area contributed by atoms with Crippen LogP contribution in [0.3, 0.4) is 0 Å². The smallest absolute Gasteiger partial charge is 0.119 e. The molecule has 98 valence electrons. The molecule has 0 bridgehead atoms. The first-order valence-electron chi connectivity index (χ1n) is 6.45. The molecule has 1 aliphatic rings. The van der Waals surface area contributed by atoms with E-state index in [0.29, 0.717) is 6.61 Å². The highest BCUT2D eigenvalue weighted by atomic mass is 16.5. The van der Waals surface area contributed by atoms with Crippen molar-refractivity contribution in [2.24, 2.45) is 0 Å². The van der Waals surface area contributed by atoms with Crippen LogP contribution in [0.4, 0.5) is 0 Å². The van der Waals surface area contributed by atoms with Crippen LogP contribution in [0.5, 0.6) is 5.75 Å². The van der Waals surface area contributed by atoms with Gasteiger partial charge in [0.2, 0.25) is 0 Å². The Morgan fingerprint density at radius 1 is 1.28 bits per heavy atom. The quantitative estimate of drug-likeness (QED) is 0.867. The SMILES string of the molecule is COCC(C)Oc1ccc(C2=CCNCC2)cc1. The van der Waals surface area contributed by atoms with Crippen LogP contribution in [0, 0.1) is 0 Å². The minimum atomic E-state index is 0.0824. The minimum Gasteiger partial charge on any atom is -0.488 e. The Bertz CT molecular complexity index is 397. The van der Waals surface area contributed by atoms with E-state index < -0.39 is 0 Å². The van der Waals surface area contributed by atoms with Gasteiger partial charge in [0, 0.05) is 13.7 Å². The lowest BCUT2D eigenvalue weighted by Crippen LogP contribution is -2.20. The van der Waals surface area contributed by atoms with Gasteiger partial charge in [-0.1, -0.05) is 18.2 Å². The molecule has 1 N–H and O–H groups in total. The van der Waals surface area contributed by atoms with E-state index >= 15 is 0 Å². The molecular weight excluding hydrogens is 226 g/mol. The first-order valence-corrected chi connectivity index (χ1v) is 6.45. The van der Waals surface area contributed by atoms with Crippen molar-refractivity contribution < 1.29 is 9.47 Å². The third kappa shape index (κ3) is 3.59. The molecule has 1 aliphatic heterocycles. The third-order valence-electron chi connectivity index (χ3n) is 3.03. The maximum Gasteiger partial charge on any atom is 0.119 e.